The lowest BCUT2D eigenvalue weighted by molar-refractivity contribution is -0.385. The highest BCUT2D eigenvalue weighted by molar-refractivity contribution is 7.80. The van der Waals surface area contributed by atoms with Crippen LogP contribution in [0, 0.1) is 10.1 Å². The molecule has 0 spiro atoms. The Kier molecular flexibility index (Phi) is 6.83. The van der Waals surface area contributed by atoms with Crippen molar-refractivity contribution in [2.45, 2.75) is 11.4 Å². The molecule has 2 aromatic heterocycles. The first kappa shape index (κ1) is 20.4. The van der Waals surface area contributed by atoms with Gasteiger partial charge in [0.2, 0.25) is 5.75 Å². The van der Waals surface area contributed by atoms with E-state index in [0.29, 0.717) is 5.75 Å². The first-order valence-corrected chi connectivity index (χ1v) is 9.28. The number of pyridine rings is 1. The van der Waals surface area contributed by atoms with Gasteiger partial charge in [0.25, 0.3) is 0 Å². The molecule has 0 saturated heterocycles. The SMILES string of the molecule is CNCc1c[nH]c2cc(Oc3ccccc3[N+](=O)[O-])ccc12.Sc1cccnc1. The Hall–Kier alpha value is -3.36. The summed E-state index contributed by atoms with van der Waals surface area (Å²) in [7, 11) is 1.89. The van der Waals surface area contributed by atoms with E-state index in [9.17, 15) is 10.1 Å². The van der Waals surface area contributed by atoms with Crippen LogP contribution in [0.1, 0.15) is 5.56 Å². The fourth-order valence-electron chi connectivity index (χ4n) is 2.74. The second-order valence-corrected chi connectivity index (χ2v) is 6.61. The number of hydrogen-bond donors (Lipinski definition) is 3. The summed E-state index contributed by atoms with van der Waals surface area (Å²) in [5, 5.41) is 15.2. The summed E-state index contributed by atoms with van der Waals surface area (Å²) in [6.07, 6.45) is 5.36. The largest absolute Gasteiger partial charge is 0.450 e. The highest BCUT2D eigenvalue weighted by atomic mass is 32.1. The molecule has 2 N–H and O–H groups in total. The quantitative estimate of drug-likeness (QED) is 0.247. The minimum absolute atomic E-state index is 0.0510. The van der Waals surface area contributed by atoms with E-state index in [-0.39, 0.29) is 11.4 Å². The van der Waals surface area contributed by atoms with Crippen LogP contribution in [0.3, 0.4) is 0 Å². The van der Waals surface area contributed by atoms with Crippen LogP contribution in [-0.2, 0) is 6.54 Å². The predicted octanol–water partition coefficient (Wildman–Crippen LogP) is 4.96. The number of ether oxygens (including phenoxy) is 1. The Balaban J connectivity index is 0.000000290. The number of aromatic nitrogens is 2. The van der Waals surface area contributed by atoms with Crippen LogP contribution in [0.15, 0.2) is 78.1 Å². The number of benzene rings is 2. The van der Waals surface area contributed by atoms with Gasteiger partial charge in [-0.2, -0.15) is 0 Å². The van der Waals surface area contributed by atoms with Gasteiger partial charge in [0.05, 0.1) is 4.92 Å². The highest BCUT2D eigenvalue weighted by Gasteiger charge is 2.14. The summed E-state index contributed by atoms with van der Waals surface area (Å²) < 4.78 is 5.67. The third-order valence-corrected chi connectivity index (χ3v) is 4.31. The molecule has 2 aromatic carbocycles. The molecule has 0 saturated carbocycles. The van der Waals surface area contributed by atoms with Crippen LogP contribution in [0.2, 0.25) is 0 Å². The molecule has 0 atom stereocenters. The van der Waals surface area contributed by atoms with Gasteiger partial charge < -0.3 is 15.0 Å². The Morgan fingerprint density at radius 3 is 2.69 bits per heavy atom. The van der Waals surface area contributed by atoms with E-state index < -0.39 is 4.92 Å². The molecule has 4 aromatic rings. The second-order valence-electron chi connectivity index (χ2n) is 6.09. The number of rotatable bonds is 5. The van der Waals surface area contributed by atoms with Crippen LogP contribution in [-0.4, -0.2) is 21.9 Å². The van der Waals surface area contributed by atoms with Crippen molar-refractivity contribution in [3.05, 3.63) is 88.9 Å². The maximum absolute atomic E-state index is 11.0. The Morgan fingerprint density at radius 2 is 2.03 bits per heavy atom. The van der Waals surface area contributed by atoms with E-state index >= 15 is 0 Å². The zero-order chi connectivity index (χ0) is 20.6. The molecule has 148 valence electrons. The molecule has 0 fully saturated rings. The third kappa shape index (κ3) is 5.34. The number of para-hydroxylation sites is 2. The summed E-state index contributed by atoms with van der Waals surface area (Å²) >= 11 is 4.02. The van der Waals surface area contributed by atoms with E-state index in [1.165, 1.54) is 6.07 Å². The van der Waals surface area contributed by atoms with Crippen molar-refractivity contribution in [2.75, 3.05) is 7.05 Å². The van der Waals surface area contributed by atoms with Crippen molar-refractivity contribution in [1.82, 2.24) is 15.3 Å². The lowest BCUT2D eigenvalue weighted by Gasteiger charge is -2.06. The molecule has 4 rings (SSSR count). The van der Waals surface area contributed by atoms with Crippen molar-refractivity contribution in [1.29, 1.82) is 0 Å². The lowest BCUT2D eigenvalue weighted by Crippen LogP contribution is -2.03. The molecule has 0 radical (unpaired) electrons. The van der Waals surface area contributed by atoms with E-state index in [2.05, 4.69) is 27.9 Å². The first-order valence-electron chi connectivity index (χ1n) is 8.83. The van der Waals surface area contributed by atoms with Crippen molar-refractivity contribution in [3.63, 3.8) is 0 Å². The standard InChI is InChI=1S/C16H15N3O3.C5H5NS/c1-17-9-11-10-18-14-8-12(6-7-13(11)14)22-16-5-3-2-4-15(16)19(20)21;7-5-2-1-3-6-4-5/h2-8,10,17-18H,9H2,1H3;1-4,7H. The summed E-state index contributed by atoms with van der Waals surface area (Å²) in [6.45, 7) is 0.768. The number of nitrogens with one attached hydrogen (secondary N) is 2. The number of H-pyrrole nitrogens is 1. The molecule has 0 aliphatic heterocycles. The van der Waals surface area contributed by atoms with Gasteiger partial charge in [0.1, 0.15) is 5.75 Å². The summed E-state index contributed by atoms with van der Waals surface area (Å²) in [6, 6.07) is 15.7. The van der Waals surface area contributed by atoms with E-state index in [1.54, 1.807) is 30.6 Å². The number of hydrogen-bond acceptors (Lipinski definition) is 6. The first-order chi connectivity index (χ1) is 14.1. The third-order valence-electron chi connectivity index (χ3n) is 4.04. The Labute approximate surface area is 173 Å². The Bertz CT molecular complexity index is 1100. The van der Waals surface area contributed by atoms with E-state index in [0.717, 1.165) is 27.9 Å². The molecule has 0 unspecified atom stereocenters. The number of thiol groups is 1. The van der Waals surface area contributed by atoms with Crippen LogP contribution < -0.4 is 10.1 Å². The number of nitro groups is 1. The molecular formula is C21H20N4O3S. The van der Waals surface area contributed by atoms with Gasteiger partial charge in [0, 0.05) is 53.1 Å². The normalized spacial score (nSPS) is 10.3. The number of fused-ring (bicyclic) bond motifs is 1. The maximum Gasteiger partial charge on any atom is 0.311 e. The van der Waals surface area contributed by atoms with Gasteiger partial charge in [0.15, 0.2) is 0 Å². The molecule has 7 nitrogen and oxygen atoms in total. The van der Waals surface area contributed by atoms with Crippen LogP contribution in [0.4, 0.5) is 5.69 Å². The minimum Gasteiger partial charge on any atom is -0.450 e. The lowest BCUT2D eigenvalue weighted by atomic mass is 10.1. The van der Waals surface area contributed by atoms with Gasteiger partial charge in [-0.25, -0.2) is 0 Å². The van der Waals surface area contributed by atoms with Gasteiger partial charge in [-0.1, -0.05) is 12.1 Å². The minimum atomic E-state index is -0.451. The van der Waals surface area contributed by atoms with Crippen LogP contribution in [0.5, 0.6) is 11.5 Å². The Morgan fingerprint density at radius 1 is 1.21 bits per heavy atom. The average molecular weight is 408 g/mol. The van der Waals surface area contributed by atoms with E-state index in [1.807, 2.05) is 43.6 Å². The highest BCUT2D eigenvalue weighted by Crippen LogP contribution is 2.32. The molecule has 8 heteroatoms. The topological polar surface area (TPSA) is 93.1 Å². The maximum atomic E-state index is 11.0. The number of nitro benzene ring substituents is 1. The monoisotopic (exact) mass is 408 g/mol. The van der Waals surface area contributed by atoms with Crippen LogP contribution >= 0.6 is 12.6 Å². The van der Waals surface area contributed by atoms with Gasteiger partial charge in [-0.3, -0.25) is 15.1 Å². The molecule has 0 amide bonds. The zero-order valence-electron chi connectivity index (χ0n) is 15.7. The van der Waals surface area contributed by atoms with Gasteiger partial charge in [-0.05, 0) is 42.9 Å². The fourth-order valence-corrected chi connectivity index (χ4v) is 2.89. The average Bonchev–Trinajstić information content (AvgIpc) is 3.12. The van der Waals surface area contributed by atoms with Crippen LogP contribution in [0.25, 0.3) is 10.9 Å². The molecular weight excluding hydrogens is 388 g/mol. The summed E-state index contributed by atoms with van der Waals surface area (Å²) in [5.41, 5.74) is 2.04. The summed E-state index contributed by atoms with van der Waals surface area (Å²) in [4.78, 5) is 18.5. The zero-order valence-corrected chi connectivity index (χ0v) is 16.6. The van der Waals surface area contributed by atoms with Crippen molar-refractivity contribution in [3.8, 4) is 11.5 Å². The van der Waals surface area contributed by atoms with Gasteiger partial charge in [-0.15, -0.1) is 12.6 Å². The smallest absolute Gasteiger partial charge is 0.311 e. The second kappa shape index (κ2) is 9.72. The van der Waals surface area contributed by atoms with E-state index in [4.69, 9.17) is 4.74 Å². The molecule has 0 aliphatic rings. The molecule has 0 bridgehead atoms. The predicted molar refractivity (Wildman–Crippen MR) is 116 cm³/mol. The van der Waals surface area contributed by atoms with Crippen molar-refractivity contribution in [2.24, 2.45) is 0 Å². The van der Waals surface area contributed by atoms with Crippen molar-refractivity contribution < 1.29 is 9.66 Å². The molecule has 29 heavy (non-hydrogen) atoms. The molecule has 2 heterocycles. The van der Waals surface area contributed by atoms with Crippen molar-refractivity contribution >= 4 is 29.2 Å². The summed E-state index contributed by atoms with van der Waals surface area (Å²) in [5.74, 6) is 0.786. The number of nitrogens with zero attached hydrogens (tertiary/aromatic N) is 2. The number of aromatic amines is 1. The van der Waals surface area contributed by atoms with Gasteiger partial charge >= 0.3 is 5.69 Å². The fraction of sp³-hybridized carbons (Fsp3) is 0.0952. The molecule has 0 aliphatic carbocycles.